The molecule has 7 nitrogen and oxygen atoms in total. The van der Waals surface area contributed by atoms with Crippen LogP contribution in [0.25, 0.3) is 0 Å². The quantitative estimate of drug-likeness (QED) is 0.539. The van der Waals surface area contributed by atoms with Crippen molar-refractivity contribution < 1.29 is 19.0 Å². The Bertz CT molecular complexity index is 1380. The first-order valence-corrected chi connectivity index (χ1v) is 11.6. The molecule has 2 aromatic carbocycles. The predicted octanol–water partition coefficient (Wildman–Crippen LogP) is 4.21. The summed E-state index contributed by atoms with van der Waals surface area (Å²) in [4.78, 5) is 27.5. The van der Waals surface area contributed by atoms with E-state index in [-0.39, 0.29) is 35.8 Å². The highest BCUT2D eigenvalue weighted by atomic mass is 35.5. The molecule has 0 unspecified atom stereocenters. The minimum Gasteiger partial charge on any atom is -0.502 e. The molecule has 2 aliphatic rings. The van der Waals surface area contributed by atoms with Crippen molar-refractivity contribution in [3.05, 3.63) is 105 Å². The zero-order valence-corrected chi connectivity index (χ0v) is 19.7. The largest absolute Gasteiger partial charge is 0.502 e. The molecule has 9 heteroatoms. The van der Waals surface area contributed by atoms with Crippen molar-refractivity contribution >= 4 is 17.5 Å². The van der Waals surface area contributed by atoms with Gasteiger partial charge in [0.05, 0.1) is 11.1 Å². The Morgan fingerprint density at radius 1 is 1.14 bits per heavy atom. The summed E-state index contributed by atoms with van der Waals surface area (Å²) in [6.45, 7) is 2.11. The van der Waals surface area contributed by atoms with Crippen LogP contribution >= 0.6 is 11.6 Å². The number of amides is 1. The van der Waals surface area contributed by atoms with Gasteiger partial charge in [-0.1, -0.05) is 61.0 Å². The van der Waals surface area contributed by atoms with Crippen LogP contribution in [-0.4, -0.2) is 39.9 Å². The molecule has 0 saturated carbocycles. The normalized spacial score (nSPS) is 20.4. The molecule has 5 rings (SSSR count). The fourth-order valence-electron chi connectivity index (χ4n) is 4.68. The number of fused-ring (bicyclic) bond motifs is 5. The summed E-state index contributed by atoms with van der Waals surface area (Å²) in [7, 11) is 0. The molecule has 3 aromatic rings. The highest BCUT2D eigenvalue weighted by Gasteiger charge is 2.39. The highest BCUT2D eigenvalue weighted by Crippen LogP contribution is 2.40. The van der Waals surface area contributed by atoms with Crippen molar-refractivity contribution in [2.24, 2.45) is 0 Å². The summed E-state index contributed by atoms with van der Waals surface area (Å²) < 4.78 is 22.7. The van der Waals surface area contributed by atoms with E-state index in [2.05, 4.69) is 0 Å². The maximum absolute atomic E-state index is 15.3. The Balaban J connectivity index is 1.84. The number of benzene rings is 2. The molecule has 0 radical (unpaired) electrons. The van der Waals surface area contributed by atoms with E-state index < -0.39 is 28.9 Å². The fourth-order valence-corrected chi connectivity index (χ4v) is 4.83. The van der Waals surface area contributed by atoms with E-state index in [4.69, 9.17) is 16.3 Å². The Hall–Kier alpha value is -3.78. The van der Waals surface area contributed by atoms with Crippen LogP contribution in [0.4, 0.5) is 4.39 Å². The molecule has 3 heterocycles. The first-order valence-electron chi connectivity index (χ1n) is 11.3. The molecule has 1 N–H and O–H groups in total. The van der Waals surface area contributed by atoms with Crippen LogP contribution in [0, 0.1) is 5.82 Å². The minimum absolute atomic E-state index is 0.00113. The summed E-state index contributed by atoms with van der Waals surface area (Å²) in [6.07, 6.45) is 5.57. The van der Waals surface area contributed by atoms with E-state index >= 15 is 4.39 Å². The van der Waals surface area contributed by atoms with Gasteiger partial charge < -0.3 is 14.7 Å². The molecule has 35 heavy (non-hydrogen) atoms. The minimum atomic E-state index is -0.683. The molecule has 1 amide bonds. The number of hydrogen-bond acceptors (Lipinski definition) is 5. The molecule has 2 bridgehead atoms. The number of carbonyl (C=O) groups excluding carboxylic acids is 1. The summed E-state index contributed by atoms with van der Waals surface area (Å²) in [5.74, 6) is -1.78. The van der Waals surface area contributed by atoms with Crippen LogP contribution in [0.5, 0.6) is 11.5 Å². The molecular formula is C26H23ClFN3O4. The van der Waals surface area contributed by atoms with Gasteiger partial charge in [-0.3, -0.25) is 19.3 Å². The molecule has 2 aliphatic heterocycles. The Morgan fingerprint density at radius 3 is 2.66 bits per heavy atom. The van der Waals surface area contributed by atoms with Crippen LogP contribution in [-0.2, 0) is 0 Å². The van der Waals surface area contributed by atoms with Crippen molar-refractivity contribution in [3.8, 4) is 11.5 Å². The molecule has 0 aliphatic carbocycles. The van der Waals surface area contributed by atoms with E-state index in [1.54, 1.807) is 17.0 Å². The lowest BCUT2D eigenvalue weighted by Gasteiger charge is -2.45. The van der Waals surface area contributed by atoms with Gasteiger partial charge in [-0.15, -0.1) is 0 Å². The number of pyridine rings is 1. The Kier molecular flexibility index (Phi) is 5.98. The standard InChI is InChI=1S/C26H23ClFN3O4/c1-2-17-9-6-14-35-25-18(10-11-19(27)21(25)28)22(16-7-4-3-5-8-16)31-15-29(17)26(34)23-24(33)20(32)12-13-30(23)31/h3-13,17,22,33H,2,14-15H2,1H3/b9-6+/t17-,22+/m1/s1. The fraction of sp³-hybridized carbons (Fsp3) is 0.231. The van der Waals surface area contributed by atoms with Crippen LogP contribution in [0.3, 0.4) is 0 Å². The average molecular weight is 496 g/mol. The third-order valence-corrected chi connectivity index (χ3v) is 6.67. The second-order valence-electron chi connectivity index (χ2n) is 8.39. The van der Waals surface area contributed by atoms with Crippen LogP contribution in [0.15, 0.2) is 71.7 Å². The van der Waals surface area contributed by atoms with Crippen LogP contribution in [0.2, 0.25) is 5.02 Å². The number of nitrogens with zero attached hydrogens (tertiary/aromatic N) is 3. The smallest absolute Gasteiger partial charge is 0.278 e. The highest BCUT2D eigenvalue weighted by molar-refractivity contribution is 6.30. The van der Waals surface area contributed by atoms with Crippen molar-refractivity contribution in [1.82, 2.24) is 9.58 Å². The van der Waals surface area contributed by atoms with E-state index in [1.807, 2.05) is 48.3 Å². The van der Waals surface area contributed by atoms with E-state index in [0.717, 1.165) is 5.56 Å². The van der Waals surface area contributed by atoms with Crippen LogP contribution in [0.1, 0.15) is 41.0 Å². The van der Waals surface area contributed by atoms with Gasteiger partial charge >= 0.3 is 0 Å². The number of aromatic nitrogens is 1. The first-order chi connectivity index (χ1) is 16.9. The molecule has 2 atom stereocenters. The third-order valence-electron chi connectivity index (χ3n) is 6.38. The molecular weight excluding hydrogens is 473 g/mol. The lowest BCUT2D eigenvalue weighted by Crippen LogP contribution is -2.57. The summed E-state index contributed by atoms with van der Waals surface area (Å²) in [6, 6.07) is 12.7. The number of aromatic hydroxyl groups is 1. The van der Waals surface area contributed by atoms with Gasteiger partial charge in [0.15, 0.2) is 23.0 Å². The zero-order valence-electron chi connectivity index (χ0n) is 18.9. The van der Waals surface area contributed by atoms with Gasteiger partial charge in [-0.25, -0.2) is 4.39 Å². The van der Waals surface area contributed by atoms with Gasteiger partial charge in [-0.05, 0) is 24.1 Å². The zero-order chi connectivity index (χ0) is 24.7. The molecule has 0 fully saturated rings. The van der Waals surface area contributed by atoms with Gasteiger partial charge in [0.1, 0.15) is 19.3 Å². The lowest BCUT2D eigenvalue weighted by molar-refractivity contribution is 0.0626. The average Bonchev–Trinajstić information content (AvgIpc) is 2.89. The summed E-state index contributed by atoms with van der Waals surface area (Å²) in [5, 5.41) is 12.4. The second-order valence-corrected chi connectivity index (χ2v) is 8.79. The maximum atomic E-state index is 15.3. The number of ether oxygens (including phenoxy) is 1. The SMILES string of the molecule is CC[C@@H]1/C=C/COc2c(ccc(Cl)c2F)[C@H](c2ccccc2)N2CN1C(=O)c1c(O)c(=O)ccn12. The maximum Gasteiger partial charge on any atom is 0.278 e. The Labute approximate surface area is 206 Å². The van der Waals surface area contributed by atoms with Crippen molar-refractivity contribution in [2.45, 2.75) is 25.4 Å². The number of hydrogen-bond donors (Lipinski definition) is 1. The second kappa shape index (κ2) is 9.11. The third kappa shape index (κ3) is 3.83. The number of carbonyl (C=O) groups is 1. The molecule has 1 aromatic heterocycles. The van der Waals surface area contributed by atoms with Gasteiger partial charge in [0.2, 0.25) is 5.43 Å². The van der Waals surface area contributed by atoms with Gasteiger partial charge in [0.25, 0.3) is 5.91 Å². The molecule has 0 saturated heterocycles. The topological polar surface area (TPSA) is 75.0 Å². The molecule has 0 spiro atoms. The van der Waals surface area contributed by atoms with Crippen LogP contribution < -0.4 is 15.2 Å². The number of halogens is 2. The van der Waals surface area contributed by atoms with Crippen molar-refractivity contribution in [1.29, 1.82) is 0 Å². The van der Waals surface area contributed by atoms with Gasteiger partial charge in [0, 0.05) is 17.8 Å². The van der Waals surface area contributed by atoms with E-state index in [0.29, 0.717) is 12.0 Å². The van der Waals surface area contributed by atoms with E-state index in [9.17, 15) is 14.7 Å². The Morgan fingerprint density at radius 2 is 1.91 bits per heavy atom. The van der Waals surface area contributed by atoms with Crippen molar-refractivity contribution in [3.63, 3.8) is 0 Å². The summed E-state index contributed by atoms with van der Waals surface area (Å²) >= 11 is 6.11. The summed E-state index contributed by atoms with van der Waals surface area (Å²) in [5.41, 5.74) is 0.475. The monoisotopic (exact) mass is 495 g/mol. The van der Waals surface area contributed by atoms with Crippen molar-refractivity contribution in [2.75, 3.05) is 18.3 Å². The number of rotatable bonds is 2. The van der Waals surface area contributed by atoms with E-state index in [1.165, 1.54) is 23.0 Å². The molecule has 180 valence electrons. The van der Waals surface area contributed by atoms with Gasteiger partial charge in [-0.2, -0.15) is 0 Å². The predicted molar refractivity (Wildman–Crippen MR) is 130 cm³/mol. The first kappa shape index (κ1) is 23.0. The lowest BCUT2D eigenvalue weighted by atomic mass is 9.96.